The molecule has 2 amide bonds. The number of piperazine rings is 1. The van der Waals surface area contributed by atoms with E-state index in [1.54, 1.807) is 0 Å². The SMILES string of the molecule is Cc1cccc(CC(=O)N2CCC(C(=O)N3CCN(C)CC3)CC2)c1. The van der Waals surface area contributed by atoms with Gasteiger partial charge in [-0.15, -0.1) is 0 Å². The molecule has 0 aromatic heterocycles. The predicted molar refractivity (Wildman–Crippen MR) is 98.3 cm³/mol. The number of rotatable bonds is 3. The molecule has 2 aliphatic rings. The summed E-state index contributed by atoms with van der Waals surface area (Å²) in [6.07, 6.45) is 2.05. The van der Waals surface area contributed by atoms with Gasteiger partial charge in [-0.25, -0.2) is 0 Å². The number of hydrogen-bond acceptors (Lipinski definition) is 3. The van der Waals surface area contributed by atoms with E-state index in [2.05, 4.69) is 18.0 Å². The quantitative estimate of drug-likeness (QED) is 0.836. The molecule has 0 spiro atoms. The van der Waals surface area contributed by atoms with Crippen molar-refractivity contribution in [3.8, 4) is 0 Å². The Kier molecular flexibility index (Phi) is 5.74. The zero-order chi connectivity index (χ0) is 17.8. The molecule has 2 saturated heterocycles. The highest BCUT2D eigenvalue weighted by Gasteiger charge is 2.31. The Labute approximate surface area is 150 Å². The molecule has 0 unspecified atom stereocenters. The average molecular weight is 343 g/mol. The fourth-order valence-electron chi connectivity index (χ4n) is 3.77. The van der Waals surface area contributed by atoms with Crippen molar-refractivity contribution in [3.05, 3.63) is 35.4 Å². The molecule has 0 radical (unpaired) electrons. The van der Waals surface area contributed by atoms with E-state index in [0.29, 0.717) is 25.4 Å². The van der Waals surface area contributed by atoms with Crippen molar-refractivity contribution in [1.82, 2.24) is 14.7 Å². The maximum Gasteiger partial charge on any atom is 0.226 e. The summed E-state index contributed by atoms with van der Waals surface area (Å²) in [4.78, 5) is 31.4. The van der Waals surface area contributed by atoms with Gasteiger partial charge in [0.2, 0.25) is 11.8 Å². The maximum absolute atomic E-state index is 12.7. The van der Waals surface area contributed by atoms with Crippen molar-refractivity contribution in [2.45, 2.75) is 26.2 Å². The van der Waals surface area contributed by atoms with E-state index in [1.807, 2.05) is 34.9 Å². The lowest BCUT2D eigenvalue weighted by Crippen LogP contribution is -2.51. The van der Waals surface area contributed by atoms with Gasteiger partial charge in [-0.1, -0.05) is 29.8 Å². The highest BCUT2D eigenvalue weighted by Crippen LogP contribution is 2.21. The first-order valence-electron chi connectivity index (χ1n) is 9.33. The third kappa shape index (κ3) is 4.60. The van der Waals surface area contributed by atoms with E-state index in [9.17, 15) is 9.59 Å². The monoisotopic (exact) mass is 343 g/mol. The maximum atomic E-state index is 12.7. The first-order chi connectivity index (χ1) is 12.0. The second-order valence-corrected chi connectivity index (χ2v) is 7.45. The van der Waals surface area contributed by atoms with Gasteiger partial charge in [0, 0.05) is 45.2 Å². The van der Waals surface area contributed by atoms with Crippen LogP contribution in [0.3, 0.4) is 0 Å². The van der Waals surface area contributed by atoms with E-state index < -0.39 is 0 Å². The van der Waals surface area contributed by atoms with Gasteiger partial charge in [0.25, 0.3) is 0 Å². The third-order valence-electron chi connectivity index (χ3n) is 5.45. The van der Waals surface area contributed by atoms with Crippen LogP contribution in [-0.4, -0.2) is 72.8 Å². The standard InChI is InChI=1S/C20H29N3O2/c1-16-4-3-5-17(14-16)15-19(24)22-8-6-18(7-9-22)20(25)23-12-10-21(2)11-13-23/h3-5,14,18H,6-13,15H2,1-2H3. The lowest BCUT2D eigenvalue weighted by atomic mass is 9.94. The molecule has 0 atom stereocenters. The van der Waals surface area contributed by atoms with Crippen LogP contribution in [0.25, 0.3) is 0 Å². The van der Waals surface area contributed by atoms with Crippen molar-refractivity contribution >= 4 is 11.8 Å². The van der Waals surface area contributed by atoms with E-state index in [1.165, 1.54) is 5.56 Å². The molecular formula is C20H29N3O2. The van der Waals surface area contributed by atoms with E-state index in [4.69, 9.17) is 0 Å². The summed E-state index contributed by atoms with van der Waals surface area (Å²) < 4.78 is 0. The topological polar surface area (TPSA) is 43.9 Å². The van der Waals surface area contributed by atoms with Crippen LogP contribution in [-0.2, 0) is 16.0 Å². The number of benzene rings is 1. The molecule has 2 fully saturated rings. The second kappa shape index (κ2) is 8.00. The molecule has 0 bridgehead atoms. The van der Waals surface area contributed by atoms with Crippen molar-refractivity contribution in [2.24, 2.45) is 5.92 Å². The molecule has 136 valence electrons. The van der Waals surface area contributed by atoms with Crippen molar-refractivity contribution in [1.29, 1.82) is 0 Å². The van der Waals surface area contributed by atoms with Crippen LogP contribution in [0.15, 0.2) is 24.3 Å². The van der Waals surface area contributed by atoms with Crippen LogP contribution in [0.1, 0.15) is 24.0 Å². The first kappa shape index (κ1) is 17.9. The number of likely N-dealkylation sites (N-methyl/N-ethyl adjacent to an activating group) is 1. The van der Waals surface area contributed by atoms with Gasteiger partial charge in [-0.2, -0.15) is 0 Å². The molecule has 0 aliphatic carbocycles. The van der Waals surface area contributed by atoms with E-state index >= 15 is 0 Å². The number of amides is 2. The van der Waals surface area contributed by atoms with Crippen LogP contribution in [0.5, 0.6) is 0 Å². The lowest BCUT2D eigenvalue weighted by Gasteiger charge is -2.37. The summed E-state index contributed by atoms with van der Waals surface area (Å²) >= 11 is 0. The van der Waals surface area contributed by atoms with Gasteiger partial charge in [0.1, 0.15) is 0 Å². The summed E-state index contributed by atoms with van der Waals surface area (Å²) in [6, 6.07) is 8.12. The number of piperidine rings is 1. The molecule has 2 aliphatic heterocycles. The Morgan fingerprint density at radius 2 is 1.68 bits per heavy atom. The fourth-order valence-corrected chi connectivity index (χ4v) is 3.77. The Morgan fingerprint density at radius 3 is 2.32 bits per heavy atom. The molecule has 3 rings (SSSR count). The Bertz CT molecular complexity index is 615. The molecule has 1 aromatic carbocycles. The van der Waals surface area contributed by atoms with Crippen molar-refractivity contribution in [2.75, 3.05) is 46.3 Å². The zero-order valence-electron chi connectivity index (χ0n) is 15.4. The van der Waals surface area contributed by atoms with Crippen LogP contribution in [0.4, 0.5) is 0 Å². The minimum absolute atomic E-state index is 0.0893. The van der Waals surface area contributed by atoms with Gasteiger partial charge in [0.05, 0.1) is 6.42 Å². The predicted octanol–water partition coefficient (Wildman–Crippen LogP) is 1.55. The van der Waals surface area contributed by atoms with Crippen LogP contribution >= 0.6 is 0 Å². The normalized spacial score (nSPS) is 19.9. The summed E-state index contributed by atoms with van der Waals surface area (Å²) in [5.74, 6) is 0.557. The van der Waals surface area contributed by atoms with Crippen molar-refractivity contribution in [3.63, 3.8) is 0 Å². The number of aryl methyl sites for hydroxylation is 1. The first-order valence-corrected chi connectivity index (χ1v) is 9.33. The van der Waals surface area contributed by atoms with Crippen LogP contribution in [0, 0.1) is 12.8 Å². The fraction of sp³-hybridized carbons (Fsp3) is 0.600. The minimum Gasteiger partial charge on any atom is -0.342 e. The largest absolute Gasteiger partial charge is 0.342 e. The van der Waals surface area contributed by atoms with E-state index in [0.717, 1.165) is 44.6 Å². The molecule has 0 N–H and O–H groups in total. The molecule has 25 heavy (non-hydrogen) atoms. The molecule has 2 heterocycles. The minimum atomic E-state index is 0.0893. The average Bonchev–Trinajstić information content (AvgIpc) is 2.62. The Morgan fingerprint density at radius 1 is 1.00 bits per heavy atom. The molecule has 1 aromatic rings. The van der Waals surface area contributed by atoms with Gasteiger partial charge < -0.3 is 14.7 Å². The second-order valence-electron chi connectivity index (χ2n) is 7.45. The zero-order valence-corrected chi connectivity index (χ0v) is 15.4. The smallest absolute Gasteiger partial charge is 0.226 e. The molecule has 5 heteroatoms. The highest BCUT2D eigenvalue weighted by molar-refractivity contribution is 5.81. The van der Waals surface area contributed by atoms with Gasteiger partial charge in [0.15, 0.2) is 0 Å². The number of hydrogen-bond donors (Lipinski definition) is 0. The van der Waals surface area contributed by atoms with Crippen LogP contribution in [0.2, 0.25) is 0 Å². The van der Waals surface area contributed by atoms with Gasteiger partial charge in [-0.05, 0) is 32.4 Å². The Hall–Kier alpha value is -1.88. The summed E-state index contributed by atoms with van der Waals surface area (Å²) in [5, 5.41) is 0. The Balaban J connectivity index is 1.48. The van der Waals surface area contributed by atoms with Gasteiger partial charge >= 0.3 is 0 Å². The third-order valence-corrected chi connectivity index (χ3v) is 5.45. The number of likely N-dealkylation sites (tertiary alicyclic amines) is 1. The summed E-state index contributed by atoms with van der Waals surface area (Å²) in [7, 11) is 2.10. The summed E-state index contributed by atoms with van der Waals surface area (Å²) in [6.45, 7) is 7.04. The van der Waals surface area contributed by atoms with E-state index in [-0.39, 0.29) is 11.8 Å². The molecule has 0 saturated carbocycles. The number of carbonyl (C=O) groups excluding carboxylic acids is 2. The van der Waals surface area contributed by atoms with Gasteiger partial charge in [-0.3, -0.25) is 9.59 Å². The van der Waals surface area contributed by atoms with Crippen LogP contribution < -0.4 is 0 Å². The lowest BCUT2D eigenvalue weighted by molar-refractivity contribution is -0.141. The number of nitrogens with zero attached hydrogens (tertiary/aromatic N) is 3. The number of carbonyl (C=O) groups is 2. The molecular weight excluding hydrogens is 314 g/mol. The summed E-state index contributed by atoms with van der Waals surface area (Å²) in [5.41, 5.74) is 2.25. The molecule has 5 nitrogen and oxygen atoms in total. The highest BCUT2D eigenvalue weighted by atomic mass is 16.2. The van der Waals surface area contributed by atoms with Crippen molar-refractivity contribution < 1.29 is 9.59 Å².